The van der Waals surface area contributed by atoms with Crippen molar-refractivity contribution in [3.05, 3.63) is 75.4 Å². The fourth-order valence-electron chi connectivity index (χ4n) is 6.30. The van der Waals surface area contributed by atoms with E-state index in [1.54, 1.807) is 14.0 Å². The van der Waals surface area contributed by atoms with Gasteiger partial charge in [0.25, 0.3) is 0 Å². The van der Waals surface area contributed by atoms with Gasteiger partial charge < -0.3 is 23.7 Å². The molecule has 0 radical (unpaired) electrons. The summed E-state index contributed by atoms with van der Waals surface area (Å²) in [6.45, 7) is 21.9. The summed E-state index contributed by atoms with van der Waals surface area (Å²) in [7, 11) is -0.618. The molecule has 1 fully saturated rings. The molecule has 272 valence electrons. The zero-order valence-electron chi connectivity index (χ0n) is 31.2. The molecule has 1 heterocycles. The van der Waals surface area contributed by atoms with Crippen molar-refractivity contribution in [2.24, 2.45) is 23.7 Å². The van der Waals surface area contributed by atoms with Gasteiger partial charge in [0.15, 0.2) is 8.32 Å². The lowest BCUT2D eigenvalue weighted by Gasteiger charge is -2.45. The molecule has 49 heavy (non-hydrogen) atoms. The molecule has 0 unspecified atom stereocenters. The van der Waals surface area contributed by atoms with Gasteiger partial charge in [0, 0.05) is 5.92 Å². The van der Waals surface area contributed by atoms with Crippen LogP contribution >= 0.6 is 22.6 Å². The number of imide groups is 1. The molecule has 0 saturated carbocycles. The molecule has 2 amide bonds. The Labute approximate surface area is 309 Å². The number of carbonyl (C=O) groups excluding carboxylic acids is 2. The molecule has 1 aliphatic heterocycles. The van der Waals surface area contributed by atoms with Crippen LogP contribution in [-0.4, -0.2) is 62.3 Å². The summed E-state index contributed by atoms with van der Waals surface area (Å²) in [5.41, 5.74) is 2.98. The van der Waals surface area contributed by atoms with Crippen LogP contribution in [0.25, 0.3) is 0 Å². The van der Waals surface area contributed by atoms with E-state index in [2.05, 4.69) is 70.3 Å². The third kappa shape index (κ3) is 10.4. The van der Waals surface area contributed by atoms with E-state index in [0.29, 0.717) is 19.6 Å². The zero-order valence-corrected chi connectivity index (χ0v) is 34.4. The summed E-state index contributed by atoms with van der Waals surface area (Å²) < 4.78 is 26.4. The van der Waals surface area contributed by atoms with E-state index in [1.165, 1.54) is 4.90 Å². The number of aliphatic hydroxyl groups excluding tert-OH is 1. The highest BCUT2D eigenvalue weighted by Gasteiger charge is 2.48. The number of allylic oxidation sites excluding steroid dienone is 1. The summed E-state index contributed by atoms with van der Waals surface area (Å²) in [5.74, 6) is -0.974. The number of ether oxygens (including phenoxy) is 3. The van der Waals surface area contributed by atoms with Gasteiger partial charge in [-0.1, -0.05) is 112 Å². The number of carbonyl (C=O) groups is 2. The van der Waals surface area contributed by atoms with Crippen molar-refractivity contribution in [3.8, 4) is 5.75 Å². The first-order valence-electron chi connectivity index (χ1n) is 17.3. The molecule has 0 aliphatic carbocycles. The summed E-state index contributed by atoms with van der Waals surface area (Å²) in [6.07, 6.45) is -1.96. The number of methoxy groups -OCH3 is 1. The Bertz CT molecular complexity index is 1390. The summed E-state index contributed by atoms with van der Waals surface area (Å²) in [4.78, 5) is 28.3. The van der Waals surface area contributed by atoms with Gasteiger partial charge in [-0.25, -0.2) is 9.69 Å². The molecule has 8 atom stereocenters. The normalized spacial score (nSPS) is 21.0. The second kappa shape index (κ2) is 17.8. The van der Waals surface area contributed by atoms with E-state index in [0.717, 1.165) is 22.4 Å². The quantitative estimate of drug-likeness (QED) is 0.134. The first kappa shape index (κ1) is 41.2. The standard InChI is InChI=1S/C39H58INO7Si/c1-25(22-40)21-33(34(42)28(4)37(43)41-29(5)36(47-38(41)44)31-15-13-12-14-16-31)27(3)35(48-49(10,11)39(6,7)8)26(2)23-46-24-30-17-19-32(45-9)20-18-30/h12-20,22,26-29,33-36,42H,21,23-24H2,1-11H3/b25-22-/t26-,27+,28-,29-,33+,34-,35-,36-/m1/s1. The van der Waals surface area contributed by atoms with Gasteiger partial charge in [-0.15, -0.1) is 0 Å². The number of rotatable bonds is 16. The van der Waals surface area contributed by atoms with Crippen LogP contribution in [0.1, 0.15) is 79.0 Å². The first-order valence-corrected chi connectivity index (χ1v) is 21.5. The Morgan fingerprint density at radius 2 is 1.69 bits per heavy atom. The van der Waals surface area contributed by atoms with Gasteiger partial charge in [-0.2, -0.15) is 0 Å². The van der Waals surface area contributed by atoms with E-state index in [9.17, 15) is 14.7 Å². The van der Waals surface area contributed by atoms with Gasteiger partial charge in [0.1, 0.15) is 11.9 Å². The lowest BCUT2D eigenvalue weighted by atomic mass is 9.74. The minimum Gasteiger partial charge on any atom is -0.497 e. The fourth-order valence-corrected chi connectivity index (χ4v) is 8.03. The van der Waals surface area contributed by atoms with Crippen LogP contribution in [0.4, 0.5) is 4.79 Å². The predicted molar refractivity (Wildman–Crippen MR) is 206 cm³/mol. The molecule has 2 aromatic rings. The molecule has 3 rings (SSSR count). The van der Waals surface area contributed by atoms with E-state index < -0.39 is 44.5 Å². The van der Waals surface area contributed by atoms with Crippen molar-refractivity contribution < 1.29 is 33.3 Å². The lowest BCUT2D eigenvalue weighted by molar-refractivity contribution is -0.139. The SMILES string of the molecule is COc1ccc(COC[C@@H](C)[C@@H](O[Si](C)(C)C(C)(C)C)[C@@H](C)[C@H](C/C(C)=C\I)[C@H](O)[C@@H](C)C(=O)N2C(=O)O[C@@H](c3ccccc3)[C@H]2C)cc1. The molecule has 2 aromatic carbocycles. The molecular formula is C39H58INO7Si. The molecule has 0 bridgehead atoms. The maximum absolute atomic E-state index is 14.0. The monoisotopic (exact) mass is 807 g/mol. The van der Waals surface area contributed by atoms with Gasteiger partial charge in [0.2, 0.25) is 5.91 Å². The van der Waals surface area contributed by atoms with E-state index in [1.807, 2.05) is 72.5 Å². The number of nitrogens with zero attached hydrogens (tertiary/aromatic N) is 1. The summed E-state index contributed by atoms with van der Waals surface area (Å²) in [5, 5.41) is 12.1. The van der Waals surface area contributed by atoms with Gasteiger partial charge >= 0.3 is 6.09 Å². The maximum Gasteiger partial charge on any atom is 0.417 e. The van der Waals surface area contributed by atoms with Gasteiger partial charge in [-0.3, -0.25) is 4.79 Å². The Morgan fingerprint density at radius 1 is 1.08 bits per heavy atom. The lowest BCUT2D eigenvalue weighted by Crippen LogP contribution is -2.52. The third-order valence-corrected chi connectivity index (χ3v) is 16.1. The molecule has 0 aromatic heterocycles. The van der Waals surface area contributed by atoms with E-state index >= 15 is 0 Å². The van der Waals surface area contributed by atoms with Crippen molar-refractivity contribution >= 4 is 42.9 Å². The van der Waals surface area contributed by atoms with Gasteiger partial charge in [0.05, 0.1) is 44.5 Å². The molecule has 8 nitrogen and oxygen atoms in total. The fraction of sp³-hybridized carbons (Fsp3) is 0.590. The highest BCUT2D eigenvalue weighted by Crippen LogP contribution is 2.42. The minimum absolute atomic E-state index is 0.00724. The van der Waals surface area contributed by atoms with Crippen LogP contribution in [0.2, 0.25) is 18.1 Å². The molecule has 10 heteroatoms. The molecular weight excluding hydrogens is 749 g/mol. The smallest absolute Gasteiger partial charge is 0.417 e. The van der Waals surface area contributed by atoms with Crippen molar-refractivity contribution in [1.82, 2.24) is 4.90 Å². The first-order chi connectivity index (χ1) is 22.9. The number of benzene rings is 2. The van der Waals surface area contributed by atoms with Crippen molar-refractivity contribution in [2.75, 3.05) is 13.7 Å². The topological polar surface area (TPSA) is 94.5 Å². The number of aliphatic hydroxyl groups is 1. The summed E-state index contributed by atoms with van der Waals surface area (Å²) in [6, 6.07) is 16.8. The molecule has 1 saturated heterocycles. The third-order valence-electron chi connectivity index (χ3n) is 10.5. The number of hydrogen-bond acceptors (Lipinski definition) is 7. The highest BCUT2D eigenvalue weighted by atomic mass is 127. The van der Waals surface area contributed by atoms with Crippen LogP contribution in [-0.2, 0) is 25.3 Å². The predicted octanol–water partition coefficient (Wildman–Crippen LogP) is 9.33. The number of hydrogen-bond donors (Lipinski definition) is 1. The Hall–Kier alpha value is -2.25. The van der Waals surface area contributed by atoms with E-state index in [-0.39, 0.29) is 28.9 Å². The highest BCUT2D eigenvalue weighted by molar-refractivity contribution is 14.1. The second-order valence-corrected chi connectivity index (χ2v) is 20.7. The molecule has 1 N–H and O–H groups in total. The van der Waals surface area contributed by atoms with Crippen LogP contribution in [0.5, 0.6) is 5.75 Å². The van der Waals surface area contributed by atoms with Crippen LogP contribution in [0.3, 0.4) is 0 Å². The van der Waals surface area contributed by atoms with Crippen molar-refractivity contribution in [2.45, 2.75) is 111 Å². The van der Waals surface area contributed by atoms with Crippen LogP contribution in [0.15, 0.2) is 64.3 Å². The van der Waals surface area contributed by atoms with Crippen LogP contribution < -0.4 is 4.74 Å². The maximum atomic E-state index is 14.0. The Kier molecular flexibility index (Phi) is 15.0. The zero-order chi connectivity index (χ0) is 36.7. The number of cyclic esters (lactones) is 1. The Balaban J connectivity index is 1.88. The van der Waals surface area contributed by atoms with Gasteiger partial charge in [-0.05, 0) is 77.6 Å². The van der Waals surface area contributed by atoms with E-state index in [4.69, 9.17) is 18.6 Å². The van der Waals surface area contributed by atoms with Crippen LogP contribution in [0, 0.1) is 23.7 Å². The Morgan fingerprint density at radius 3 is 2.24 bits per heavy atom. The number of halogens is 1. The summed E-state index contributed by atoms with van der Waals surface area (Å²) >= 11 is 2.23. The van der Waals surface area contributed by atoms with Crippen molar-refractivity contribution in [3.63, 3.8) is 0 Å². The average molecular weight is 808 g/mol. The number of amides is 2. The average Bonchev–Trinajstić information content (AvgIpc) is 3.37. The molecule has 0 spiro atoms. The largest absolute Gasteiger partial charge is 0.497 e. The molecule has 1 aliphatic rings. The second-order valence-electron chi connectivity index (χ2n) is 15.3. The van der Waals surface area contributed by atoms with Crippen molar-refractivity contribution in [1.29, 1.82) is 0 Å². The minimum atomic E-state index is -2.27.